The van der Waals surface area contributed by atoms with Gasteiger partial charge in [0.15, 0.2) is 6.61 Å². The van der Waals surface area contributed by atoms with Gasteiger partial charge in [-0.1, -0.05) is 6.07 Å². The summed E-state index contributed by atoms with van der Waals surface area (Å²) in [6.45, 7) is 1.02. The predicted octanol–water partition coefficient (Wildman–Crippen LogP) is 2.14. The van der Waals surface area contributed by atoms with Crippen molar-refractivity contribution in [1.82, 2.24) is 9.88 Å². The highest BCUT2D eigenvalue weighted by atomic mass is 19.1. The third kappa shape index (κ3) is 2.61. The maximum absolute atomic E-state index is 12.7. The van der Waals surface area contributed by atoms with E-state index in [1.54, 1.807) is 11.1 Å². The zero-order chi connectivity index (χ0) is 13.9. The summed E-state index contributed by atoms with van der Waals surface area (Å²) < 4.78 is 18.1. The molecule has 0 saturated heterocycles. The Morgan fingerprint density at radius 1 is 1.25 bits per heavy atom. The molecule has 0 saturated carbocycles. The molecule has 2 heterocycles. The highest BCUT2D eigenvalue weighted by Gasteiger charge is 2.24. The summed E-state index contributed by atoms with van der Waals surface area (Å²) in [4.78, 5) is 18.0. The smallest absolute Gasteiger partial charge is 0.261 e. The molecular weight excluding hydrogens is 259 g/mol. The summed E-state index contributed by atoms with van der Waals surface area (Å²) in [5, 5.41) is 0. The predicted molar refractivity (Wildman–Crippen MR) is 70.4 cm³/mol. The van der Waals surface area contributed by atoms with Crippen LogP contribution in [0, 0.1) is 5.82 Å². The van der Waals surface area contributed by atoms with Crippen molar-refractivity contribution in [3.05, 3.63) is 59.7 Å². The molecule has 20 heavy (non-hydrogen) atoms. The van der Waals surface area contributed by atoms with Gasteiger partial charge < -0.3 is 9.64 Å². The van der Waals surface area contributed by atoms with Gasteiger partial charge in [0.25, 0.3) is 5.91 Å². The molecule has 102 valence electrons. The summed E-state index contributed by atoms with van der Waals surface area (Å²) >= 11 is 0. The van der Waals surface area contributed by atoms with Crippen LogP contribution in [-0.4, -0.2) is 22.4 Å². The second-order valence-electron chi connectivity index (χ2n) is 4.60. The van der Waals surface area contributed by atoms with Crippen LogP contribution < -0.4 is 4.74 Å². The van der Waals surface area contributed by atoms with E-state index in [4.69, 9.17) is 4.74 Å². The maximum atomic E-state index is 12.7. The van der Waals surface area contributed by atoms with E-state index in [2.05, 4.69) is 4.98 Å². The fourth-order valence-electron chi connectivity index (χ4n) is 2.14. The van der Waals surface area contributed by atoms with Crippen LogP contribution in [-0.2, 0) is 17.9 Å². The van der Waals surface area contributed by atoms with Crippen LogP contribution in [0.2, 0.25) is 0 Å². The molecule has 1 amide bonds. The summed E-state index contributed by atoms with van der Waals surface area (Å²) in [7, 11) is 0. The van der Waals surface area contributed by atoms with Crippen LogP contribution in [0.25, 0.3) is 0 Å². The SMILES string of the molecule is O=C(COc1ccc(F)cc1)N1Cc2cccnc2C1. The Balaban J connectivity index is 1.57. The number of fused-ring (bicyclic) bond motifs is 1. The molecule has 0 radical (unpaired) electrons. The molecule has 0 bridgehead atoms. The molecule has 0 atom stereocenters. The minimum atomic E-state index is -0.329. The van der Waals surface area contributed by atoms with Crippen LogP contribution in [0.3, 0.4) is 0 Å². The van der Waals surface area contributed by atoms with Gasteiger partial charge in [-0.25, -0.2) is 4.39 Å². The zero-order valence-corrected chi connectivity index (χ0v) is 10.8. The van der Waals surface area contributed by atoms with Gasteiger partial charge in [-0.15, -0.1) is 0 Å². The number of rotatable bonds is 3. The number of carbonyl (C=O) groups excluding carboxylic acids is 1. The van der Waals surface area contributed by atoms with E-state index in [9.17, 15) is 9.18 Å². The van der Waals surface area contributed by atoms with Crippen LogP contribution in [0.5, 0.6) is 5.75 Å². The van der Waals surface area contributed by atoms with E-state index in [-0.39, 0.29) is 18.3 Å². The number of hydrogen-bond donors (Lipinski definition) is 0. The quantitative estimate of drug-likeness (QED) is 0.859. The number of nitrogens with zero attached hydrogens (tertiary/aromatic N) is 2. The van der Waals surface area contributed by atoms with Crippen molar-refractivity contribution in [2.75, 3.05) is 6.61 Å². The molecule has 1 aliphatic heterocycles. The van der Waals surface area contributed by atoms with Crippen LogP contribution in [0.1, 0.15) is 11.3 Å². The molecule has 1 aliphatic rings. The van der Waals surface area contributed by atoms with Gasteiger partial charge in [0.05, 0.1) is 12.2 Å². The molecule has 0 unspecified atom stereocenters. The van der Waals surface area contributed by atoms with Crippen molar-refractivity contribution in [2.45, 2.75) is 13.1 Å². The molecule has 0 fully saturated rings. The zero-order valence-electron chi connectivity index (χ0n) is 10.8. The van der Waals surface area contributed by atoms with Crippen molar-refractivity contribution >= 4 is 5.91 Å². The second kappa shape index (κ2) is 5.28. The minimum Gasteiger partial charge on any atom is -0.484 e. The van der Waals surface area contributed by atoms with Gasteiger partial charge in [0, 0.05) is 12.7 Å². The van der Waals surface area contributed by atoms with Crippen LogP contribution in [0.15, 0.2) is 42.6 Å². The third-order valence-corrected chi connectivity index (χ3v) is 3.22. The molecule has 2 aromatic rings. The molecule has 0 aliphatic carbocycles. The molecule has 1 aromatic heterocycles. The normalized spacial score (nSPS) is 13.2. The van der Waals surface area contributed by atoms with E-state index in [1.807, 2.05) is 12.1 Å². The minimum absolute atomic E-state index is 0.0559. The van der Waals surface area contributed by atoms with Crippen molar-refractivity contribution < 1.29 is 13.9 Å². The Kier molecular flexibility index (Phi) is 3.33. The number of ether oxygens (including phenoxy) is 1. The first-order valence-electron chi connectivity index (χ1n) is 6.31. The van der Waals surface area contributed by atoms with E-state index in [0.717, 1.165) is 11.3 Å². The van der Waals surface area contributed by atoms with Gasteiger partial charge in [0.2, 0.25) is 0 Å². The first-order valence-corrected chi connectivity index (χ1v) is 6.31. The van der Waals surface area contributed by atoms with E-state index >= 15 is 0 Å². The Hall–Kier alpha value is -2.43. The molecular formula is C15H13FN2O2. The molecule has 3 rings (SSSR count). The number of pyridine rings is 1. The second-order valence-corrected chi connectivity index (χ2v) is 4.60. The van der Waals surface area contributed by atoms with Gasteiger partial charge >= 0.3 is 0 Å². The van der Waals surface area contributed by atoms with E-state index < -0.39 is 0 Å². The highest BCUT2D eigenvalue weighted by molar-refractivity contribution is 5.78. The van der Waals surface area contributed by atoms with Gasteiger partial charge in [-0.3, -0.25) is 9.78 Å². The van der Waals surface area contributed by atoms with Crippen molar-refractivity contribution in [3.8, 4) is 5.75 Å². The molecule has 0 N–H and O–H groups in total. The molecule has 5 heteroatoms. The lowest BCUT2D eigenvalue weighted by Gasteiger charge is -2.15. The third-order valence-electron chi connectivity index (χ3n) is 3.22. The average molecular weight is 272 g/mol. The summed E-state index contributed by atoms with van der Waals surface area (Å²) in [5.74, 6) is 0.0478. The Morgan fingerprint density at radius 2 is 2.05 bits per heavy atom. The largest absolute Gasteiger partial charge is 0.484 e. The van der Waals surface area contributed by atoms with Crippen molar-refractivity contribution in [1.29, 1.82) is 0 Å². The number of carbonyl (C=O) groups is 1. The average Bonchev–Trinajstić information content (AvgIpc) is 2.90. The van der Waals surface area contributed by atoms with Crippen LogP contribution in [0.4, 0.5) is 4.39 Å². The maximum Gasteiger partial charge on any atom is 0.261 e. The van der Waals surface area contributed by atoms with Gasteiger partial charge in [-0.2, -0.15) is 0 Å². The van der Waals surface area contributed by atoms with E-state index in [1.165, 1.54) is 24.3 Å². The number of hydrogen-bond acceptors (Lipinski definition) is 3. The molecule has 0 spiro atoms. The number of aromatic nitrogens is 1. The fraction of sp³-hybridized carbons (Fsp3) is 0.200. The van der Waals surface area contributed by atoms with Gasteiger partial charge in [0.1, 0.15) is 11.6 Å². The summed E-state index contributed by atoms with van der Waals surface area (Å²) in [6, 6.07) is 9.44. The van der Waals surface area contributed by atoms with E-state index in [0.29, 0.717) is 18.8 Å². The molecule has 4 nitrogen and oxygen atoms in total. The standard InChI is InChI=1S/C15H13FN2O2/c16-12-3-5-13(6-4-12)20-10-15(19)18-8-11-2-1-7-17-14(11)9-18/h1-7H,8-10H2. The lowest BCUT2D eigenvalue weighted by Crippen LogP contribution is -2.30. The Morgan fingerprint density at radius 3 is 2.80 bits per heavy atom. The van der Waals surface area contributed by atoms with Crippen molar-refractivity contribution in [3.63, 3.8) is 0 Å². The fourth-order valence-corrected chi connectivity index (χ4v) is 2.14. The molecule has 1 aromatic carbocycles. The number of halogens is 1. The Labute approximate surface area is 115 Å². The van der Waals surface area contributed by atoms with Crippen LogP contribution >= 0.6 is 0 Å². The lowest BCUT2D eigenvalue weighted by molar-refractivity contribution is -0.134. The number of amides is 1. The monoisotopic (exact) mass is 272 g/mol. The highest BCUT2D eigenvalue weighted by Crippen LogP contribution is 2.20. The van der Waals surface area contributed by atoms with Crippen molar-refractivity contribution in [2.24, 2.45) is 0 Å². The first-order chi connectivity index (χ1) is 9.72. The first kappa shape index (κ1) is 12.6. The lowest BCUT2D eigenvalue weighted by atomic mass is 10.2. The number of benzene rings is 1. The summed E-state index contributed by atoms with van der Waals surface area (Å²) in [6.07, 6.45) is 1.72. The van der Waals surface area contributed by atoms with Gasteiger partial charge in [-0.05, 0) is 35.9 Å². The Bertz CT molecular complexity index is 603. The topological polar surface area (TPSA) is 42.4 Å². The summed E-state index contributed by atoms with van der Waals surface area (Å²) in [5.41, 5.74) is 2.00.